The second kappa shape index (κ2) is 6.28. The van der Waals surface area contributed by atoms with E-state index in [9.17, 15) is 4.39 Å². The maximum atomic E-state index is 14.7. The zero-order valence-corrected chi connectivity index (χ0v) is 13.5. The average molecular weight is 347 g/mol. The van der Waals surface area contributed by atoms with Gasteiger partial charge in [-0.15, -0.1) is 0 Å². The van der Waals surface area contributed by atoms with E-state index in [1.807, 2.05) is 7.05 Å². The molecule has 1 heterocycles. The molecule has 0 saturated carbocycles. The molecule has 20 heavy (non-hydrogen) atoms. The van der Waals surface area contributed by atoms with Crippen LogP contribution in [-0.4, -0.2) is 39.3 Å². The van der Waals surface area contributed by atoms with Crippen molar-refractivity contribution in [2.45, 2.75) is 12.5 Å². The van der Waals surface area contributed by atoms with Gasteiger partial charge in [0, 0.05) is 22.6 Å². The topological polar surface area (TPSA) is 47.7 Å². The van der Waals surface area contributed by atoms with E-state index in [4.69, 9.17) is 15.2 Å². The lowest BCUT2D eigenvalue weighted by molar-refractivity contribution is 0.295. The Morgan fingerprint density at radius 1 is 1.45 bits per heavy atom. The van der Waals surface area contributed by atoms with E-state index in [0.717, 1.165) is 13.0 Å². The number of methoxy groups -OCH3 is 2. The quantitative estimate of drug-likeness (QED) is 0.910. The highest BCUT2D eigenvalue weighted by Crippen LogP contribution is 2.44. The van der Waals surface area contributed by atoms with Crippen LogP contribution < -0.4 is 15.2 Å². The standard InChI is InChI=1S/C14H20BrFN2O2/c1-18-7-8(6-17)4-10(18)12-9(15)5-11(19-2)14(20-3)13(12)16/h5,8,10H,4,6-7,17H2,1-3H3. The molecule has 2 rings (SSSR count). The average Bonchev–Trinajstić information content (AvgIpc) is 2.79. The summed E-state index contributed by atoms with van der Waals surface area (Å²) >= 11 is 3.45. The van der Waals surface area contributed by atoms with E-state index < -0.39 is 0 Å². The molecule has 0 amide bonds. The van der Waals surface area contributed by atoms with Crippen LogP contribution >= 0.6 is 15.9 Å². The molecular weight excluding hydrogens is 327 g/mol. The second-order valence-corrected chi connectivity index (χ2v) is 5.97. The van der Waals surface area contributed by atoms with Crippen molar-refractivity contribution < 1.29 is 13.9 Å². The Labute approximate surface area is 127 Å². The van der Waals surface area contributed by atoms with Crippen molar-refractivity contribution in [3.05, 3.63) is 21.9 Å². The Morgan fingerprint density at radius 2 is 2.15 bits per heavy atom. The van der Waals surface area contributed by atoms with Crippen LogP contribution in [-0.2, 0) is 0 Å². The molecule has 6 heteroatoms. The molecule has 4 nitrogen and oxygen atoms in total. The van der Waals surface area contributed by atoms with Gasteiger partial charge in [-0.3, -0.25) is 4.90 Å². The number of ether oxygens (including phenoxy) is 2. The van der Waals surface area contributed by atoms with Crippen molar-refractivity contribution in [3.63, 3.8) is 0 Å². The smallest absolute Gasteiger partial charge is 0.197 e. The van der Waals surface area contributed by atoms with E-state index in [-0.39, 0.29) is 17.6 Å². The van der Waals surface area contributed by atoms with Crippen molar-refractivity contribution in [1.82, 2.24) is 4.90 Å². The Kier molecular flexibility index (Phi) is 4.88. The molecule has 112 valence electrons. The summed E-state index contributed by atoms with van der Waals surface area (Å²) in [6.07, 6.45) is 0.845. The summed E-state index contributed by atoms with van der Waals surface area (Å²) in [5.41, 5.74) is 6.35. The molecule has 0 bridgehead atoms. The highest BCUT2D eigenvalue weighted by Gasteiger charge is 2.34. The highest BCUT2D eigenvalue weighted by molar-refractivity contribution is 9.10. The number of halogens is 2. The first-order valence-electron chi connectivity index (χ1n) is 6.53. The minimum atomic E-state index is -0.367. The van der Waals surface area contributed by atoms with Gasteiger partial charge in [0.05, 0.1) is 14.2 Å². The van der Waals surface area contributed by atoms with E-state index in [1.165, 1.54) is 14.2 Å². The van der Waals surface area contributed by atoms with Gasteiger partial charge in [-0.2, -0.15) is 0 Å². The molecule has 1 saturated heterocycles. The van der Waals surface area contributed by atoms with Crippen LogP contribution in [0.4, 0.5) is 4.39 Å². The fraction of sp³-hybridized carbons (Fsp3) is 0.571. The van der Waals surface area contributed by atoms with Gasteiger partial charge in [-0.25, -0.2) is 4.39 Å². The van der Waals surface area contributed by atoms with Crippen LogP contribution in [0.1, 0.15) is 18.0 Å². The predicted octanol–water partition coefficient (Wildman–Crippen LogP) is 2.56. The lowest BCUT2D eigenvalue weighted by Crippen LogP contribution is -2.21. The monoisotopic (exact) mass is 346 g/mol. The summed E-state index contributed by atoms with van der Waals surface area (Å²) in [4.78, 5) is 2.13. The van der Waals surface area contributed by atoms with Crippen molar-refractivity contribution >= 4 is 15.9 Å². The highest BCUT2D eigenvalue weighted by atomic mass is 79.9. The van der Waals surface area contributed by atoms with E-state index >= 15 is 0 Å². The molecule has 0 spiro atoms. The maximum absolute atomic E-state index is 14.7. The molecule has 1 aliphatic heterocycles. The summed E-state index contributed by atoms with van der Waals surface area (Å²) in [6.45, 7) is 1.49. The molecule has 0 aliphatic carbocycles. The summed E-state index contributed by atoms with van der Waals surface area (Å²) in [7, 11) is 4.93. The number of nitrogens with two attached hydrogens (primary N) is 1. The summed E-state index contributed by atoms with van der Waals surface area (Å²) < 4.78 is 25.7. The normalized spacial score (nSPS) is 23.1. The fourth-order valence-electron chi connectivity index (χ4n) is 2.85. The molecule has 2 N–H and O–H groups in total. The predicted molar refractivity (Wildman–Crippen MR) is 79.7 cm³/mol. The van der Waals surface area contributed by atoms with Crippen molar-refractivity contribution in [3.8, 4) is 11.5 Å². The third kappa shape index (κ3) is 2.64. The van der Waals surface area contributed by atoms with Gasteiger partial charge in [-0.05, 0) is 32.0 Å². The Bertz CT molecular complexity index is 499. The van der Waals surface area contributed by atoms with Crippen molar-refractivity contribution in [2.75, 3.05) is 34.4 Å². The second-order valence-electron chi connectivity index (χ2n) is 5.11. The first-order valence-corrected chi connectivity index (χ1v) is 7.32. The zero-order chi connectivity index (χ0) is 14.9. The van der Waals surface area contributed by atoms with Crippen molar-refractivity contribution in [1.29, 1.82) is 0 Å². The lowest BCUT2D eigenvalue weighted by atomic mass is 9.99. The zero-order valence-electron chi connectivity index (χ0n) is 12.0. The van der Waals surface area contributed by atoms with E-state index in [2.05, 4.69) is 20.8 Å². The first-order chi connectivity index (χ1) is 9.53. The third-order valence-corrected chi connectivity index (χ3v) is 4.56. The SMILES string of the molecule is COc1cc(Br)c(C2CC(CN)CN2C)c(F)c1OC. The fourth-order valence-corrected chi connectivity index (χ4v) is 3.50. The largest absolute Gasteiger partial charge is 0.493 e. The minimum absolute atomic E-state index is 0.00210. The molecular formula is C14H20BrFN2O2. The lowest BCUT2D eigenvalue weighted by Gasteiger charge is -2.23. The number of nitrogens with zero attached hydrogens (tertiary/aromatic N) is 1. The summed E-state index contributed by atoms with van der Waals surface area (Å²) in [6, 6.07) is 1.75. The van der Waals surface area contributed by atoms with Crippen LogP contribution in [0.2, 0.25) is 0 Å². The van der Waals surface area contributed by atoms with Crippen LogP contribution in [0.3, 0.4) is 0 Å². The van der Waals surface area contributed by atoms with Crippen LogP contribution in [0.15, 0.2) is 10.5 Å². The molecule has 1 aliphatic rings. The number of rotatable bonds is 4. The molecule has 1 aromatic carbocycles. The first kappa shape index (κ1) is 15.5. The van der Waals surface area contributed by atoms with E-state index in [0.29, 0.717) is 28.2 Å². The minimum Gasteiger partial charge on any atom is -0.493 e. The summed E-state index contributed by atoms with van der Waals surface area (Å²) in [5.74, 6) is 0.560. The van der Waals surface area contributed by atoms with Gasteiger partial charge in [0.2, 0.25) is 0 Å². The summed E-state index contributed by atoms with van der Waals surface area (Å²) in [5, 5.41) is 0. The van der Waals surface area contributed by atoms with Gasteiger partial charge in [-0.1, -0.05) is 15.9 Å². The maximum Gasteiger partial charge on any atom is 0.197 e. The Morgan fingerprint density at radius 3 is 2.65 bits per heavy atom. The molecule has 0 radical (unpaired) electrons. The molecule has 1 fully saturated rings. The number of hydrogen-bond acceptors (Lipinski definition) is 4. The molecule has 0 aromatic heterocycles. The van der Waals surface area contributed by atoms with Gasteiger partial charge in [0.1, 0.15) is 0 Å². The Hall–Kier alpha value is -0.850. The third-order valence-electron chi connectivity index (χ3n) is 3.90. The van der Waals surface area contributed by atoms with Crippen LogP contribution in [0, 0.1) is 11.7 Å². The number of likely N-dealkylation sites (tertiary alicyclic amines) is 1. The van der Waals surface area contributed by atoms with Crippen LogP contribution in [0.5, 0.6) is 11.5 Å². The van der Waals surface area contributed by atoms with Gasteiger partial charge in [0.15, 0.2) is 17.3 Å². The van der Waals surface area contributed by atoms with Gasteiger partial charge >= 0.3 is 0 Å². The Balaban J connectivity index is 2.47. The van der Waals surface area contributed by atoms with Crippen molar-refractivity contribution in [2.24, 2.45) is 11.7 Å². The molecule has 2 unspecified atom stereocenters. The van der Waals surface area contributed by atoms with E-state index in [1.54, 1.807) is 6.07 Å². The van der Waals surface area contributed by atoms with Gasteiger partial charge < -0.3 is 15.2 Å². The number of benzene rings is 1. The number of hydrogen-bond donors (Lipinski definition) is 1. The molecule has 1 aromatic rings. The van der Waals surface area contributed by atoms with Crippen LogP contribution in [0.25, 0.3) is 0 Å². The molecule has 2 atom stereocenters. The van der Waals surface area contributed by atoms with Gasteiger partial charge in [0.25, 0.3) is 0 Å².